The first kappa shape index (κ1) is 23.4. The molecule has 0 N–H and O–H groups in total. The zero-order chi connectivity index (χ0) is 24.3. The van der Waals surface area contributed by atoms with Crippen molar-refractivity contribution in [1.29, 1.82) is 0 Å². The molecule has 0 saturated carbocycles. The lowest BCUT2D eigenvalue weighted by atomic mass is 10.1. The maximum Gasteiger partial charge on any atom is 0.416 e. The minimum absolute atomic E-state index is 0.0589. The molecule has 4 rings (SSSR count). The number of aryl methyl sites for hydroxylation is 1. The molecule has 0 atom stereocenters. The van der Waals surface area contributed by atoms with Crippen molar-refractivity contribution in [3.8, 4) is 17.2 Å². The van der Waals surface area contributed by atoms with E-state index in [-0.39, 0.29) is 29.6 Å². The van der Waals surface area contributed by atoms with Crippen molar-refractivity contribution in [2.75, 3.05) is 6.61 Å². The average molecular weight is 490 g/mol. The Balaban J connectivity index is 1.46. The van der Waals surface area contributed by atoms with E-state index in [2.05, 4.69) is 25.2 Å². The standard InChI is InChI=1S/C21H17F3N6O3S/c1-3-32-20(31)15-9-30(28-12(15)2)16-8-18(26-11-25-16)34-10-17-27-19(29-33-17)13-5-4-6-14(7-13)21(22,23)24/h4-9,11H,3,10H2,1-2H3. The van der Waals surface area contributed by atoms with Crippen LogP contribution in [0.5, 0.6) is 0 Å². The number of hydrogen-bond acceptors (Lipinski definition) is 9. The number of benzene rings is 1. The summed E-state index contributed by atoms with van der Waals surface area (Å²) in [5.41, 5.74) is 0.242. The summed E-state index contributed by atoms with van der Waals surface area (Å²) >= 11 is 1.26. The van der Waals surface area contributed by atoms with Gasteiger partial charge in [-0.3, -0.25) is 0 Å². The highest BCUT2D eigenvalue weighted by Gasteiger charge is 2.30. The fourth-order valence-electron chi connectivity index (χ4n) is 2.92. The molecule has 4 aromatic rings. The highest BCUT2D eigenvalue weighted by atomic mass is 32.2. The highest BCUT2D eigenvalue weighted by Crippen LogP contribution is 2.31. The van der Waals surface area contributed by atoms with E-state index in [0.29, 0.717) is 22.1 Å². The lowest BCUT2D eigenvalue weighted by Crippen LogP contribution is -2.04. The smallest absolute Gasteiger partial charge is 0.416 e. The average Bonchev–Trinajstić information content (AvgIpc) is 3.44. The van der Waals surface area contributed by atoms with Crippen LogP contribution in [0.2, 0.25) is 0 Å². The number of halogens is 3. The van der Waals surface area contributed by atoms with Crippen molar-refractivity contribution in [1.82, 2.24) is 29.9 Å². The molecule has 0 fully saturated rings. The van der Waals surface area contributed by atoms with Gasteiger partial charge < -0.3 is 9.26 Å². The molecule has 13 heteroatoms. The van der Waals surface area contributed by atoms with Gasteiger partial charge in [-0.2, -0.15) is 23.3 Å². The van der Waals surface area contributed by atoms with Crippen molar-refractivity contribution in [2.24, 2.45) is 0 Å². The summed E-state index contributed by atoms with van der Waals surface area (Å²) in [5, 5.41) is 8.64. The van der Waals surface area contributed by atoms with Gasteiger partial charge in [0.05, 0.1) is 23.6 Å². The van der Waals surface area contributed by atoms with Gasteiger partial charge in [0.25, 0.3) is 0 Å². The molecule has 0 aliphatic heterocycles. The Morgan fingerprint density at radius 3 is 2.82 bits per heavy atom. The van der Waals surface area contributed by atoms with Gasteiger partial charge in [0.2, 0.25) is 11.7 Å². The molecule has 34 heavy (non-hydrogen) atoms. The second kappa shape index (κ2) is 9.63. The quantitative estimate of drug-likeness (QED) is 0.210. The van der Waals surface area contributed by atoms with Gasteiger partial charge >= 0.3 is 12.1 Å². The van der Waals surface area contributed by atoms with Crippen LogP contribution in [-0.2, 0) is 16.7 Å². The zero-order valence-electron chi connectivity index (χ0n) is 17.9. The molecule has 1 aromatic carbocycles. The Labute approximate surface area is 195 Å². The normalized spacial score (nSPS) is 11.6. The van der Waals surface area contributed by atoms with Gasteiger partial charge in [0.15, 0.2) is 5.82 Å². The van der Waals surface area contributed by atoms with Crippen molar-refractivity contribution < 1.29 is 27.2 Å². The van der Waals surface area contributed by atoms with Crippen LogP contribution < -0.4 is 0 Å². The highest BCUT2D eigenvalue weighted by molar-refractivity contribution is 7.98. The number of nitrogens with zero attached hydrogens (tertiary/aromatic N) is 6. The lowest BCUT2D eigenvalue weighted by Gasteiger charge is -2.06. The molecule has 3 aromatic heterocycles. The van der Waals surface area contributed by atoms with Gasteiger partial charge in [-0.05, 0) is 26.0 Å². The molecule has 9 nitrogen and oxygen atoms in total. The maximum absolute atomic E-state index is 12.9. The predicted molar refractivity (Wildman–Crippen MR) is 114 cm³/mol. The van der Waals surface area contributed by atoms with Gasteiger partial charge in [0.1, 0.15) is 16.9 Å². The fraction of sp³-hybridized carbons (Fsp3) is 0.238. The number of ether oxygens (including phenoxy) is 1. The molecule has 0 spiro atoms. The molecule has 0 radical (unpaired) electrons. The SMILES string of the molecule is CCOC(=O)c1cn(-c2cc(SCc3nc(-c4cccc(C(F)(F)F)c4)no3)ncn2)nc1C. The lowest BCUT2D eigenvalue weighted by molar-refractivity contribution is -0.137. The number of rotatable bonds is 7. The Morgan fingerprint density at radius 2 is 2.06 bits per heavy atom. The van der Waals surface area contributed by atoms with E-state index in [1.165, 1.54) is 41.1 Å². The van der Waals surface area contributed by atoms with Crippen molar-refractivity contribution in [3.05, 3.63) is 65.6 Å². The first-order valence-corrected chi connectivity index (χ1v) is 10.9. The molecule has 0 bridgehead atoms. The molecule has 0 aliphatic rings. The summed E-state index contributed by atoms with van der Waals surface area (Å²) in [7, 11) is 0. The largest absolute Gasteiger partial charge is 0.462 e. The van der Waals surface area contributed by atoms with Crippen LogP contribution in [0.1, 0.15) is 34.4 Å². The van der Waals surface area contributed by atoms with E-state index in [1.807, 2.05) is 0 Å². The summed E-state index contributed by atoms with van der Waals surface area (Å²) in [6.45, 7) is 3.66. The third-order valence-electron chi connectivity index (χ3n) is 4.52. The molecular formula is C21H17F3N6O3S. The van der Waals surface area contributed by atoms with Crippen LogP contribution in [0.15, 0.2) is 52.4 Å². The van der Waals surface area contributed by atoms with Crippen LogP contribution in [0.25, 0.3) is 17.2 Å². The Morgan fingerprint density at radius 1 is 1.24 bits per heavy atom. The monoisotopic (exact) mass is 490 g/mol. The van der Waals surface area contributed by atoms with E-state index >= 15 is 0 Å². The van der Waals surface area contributed by atoms with Crippen molar-refractivity contribution in [2.45, 2.75) is 30.8 Å². The van der Waals surface area contributed by atoms with E-state index < -0.39 is 17.7 Å². The summed E-state index contributed by atoms with van der Waals surface area (Å²) in [6.07, 6.45) is -1.59. The topological polar surface area (TPSA) is 109 Å². The van der Waals surface area contributed by atoms with Crippen LogP contribution in [-0.4, -0.2) is 42.5 Å². The van der Waals surface area contributed by atoms with Gasteiger partial charge in [-0.1, -0.05) is 29.1 Å². The second-order valence-corrected chi connectivity index (χ2v) is 7.88. The molecule has 0 unspecified atom stereocenters. The molecule has 0 amide bonds. The first-order chi connectivity index (χ1) is 16.2. The minimum atomic E-state index is -4.46. The van der Waals surface area contributed by atoms with Crippen LogP contribution >= 0.6 is 11.8 Å². The first-order valence-electron chi connectivity index (χ1n) is 9.93. The molecule has 3 heterocycles. The third-order valence-corrected chi connectivity index (χ3v) is 5.43. The van der Waals surface area contributed by atoms with E-state index in [9.17, 15) is 18.0 Å². The molecule has 0 aliphatic carbocycles. The van der Waals surface area contributed by atoms with Crippen LogP contribution in [0.4, 0.5) is 13.2 Å². The summed E-state index contributed by atoms with van der Waals surface area (Å²) in [5.74, 6) is 0.476. The Kier molecular flexibility index (Phi) is 6.63. The summed E-state index contributed by atoms with van der Waals surface area (Å²) in [4.78, 5) is 24.5. The Bertz CT molecular complexity index is 1320. The zero-order valence-corrected chi connectivity index (χ0v) is 18.7. The number of alkyl halides is 3. The van der Waals surface area contributed by atoms with Gasteiger partial charge in [-0.15, -0.1) is 0 Å². The Hall–Kier alpha value is -3.74. The fourth-order valence-corrected chi connectivity index (χ4v) is 3.62. The molecule has 176 valence electrons. The third kappa shape index (κ3) is 5.25. The summed E-state index contributed by atoms with van der Waals surface area (Å²) in [6, 6.07) is 6.37. The van der Waals surface area contributed by atoms with Gasteiger partial charge in [0, 0.05) is 17.8 Å². The second-order valence-electron chi connectivity index (χ2n) is 6.89. The maximum atomic E-state index is 12.9. The number of esters is 1. The number of hydrogen-bond donors (Lipinski definition) is 0. The number of carbonyl (C=O) groups excluding carboxylic acids is 1. The summed E-state index contributed by atoms with van der Waals surface area (Å²) < 4.78 is 50.5. The number of carbonyl (C=O) groups is 1. The van der Waals surface area contributed by atoms with E-state index in [4.69, 9.17) is 9.26 Å². The number of thioether (sulfide) groups is 1. The van der Waals surface area contributed by atoms with Gasteiger partial charge in [-0.25, -0.2) is 19.4 Å². The van der Waals surface area contributed by atoms with Crippen LogP contribution in [0, 0.1) is 6.92 Å². The molecular weight excluding hydrogens is 473 g/mol. The van der Waals surface area contributed by atoms with E-state index in [0.717, 1.165) is 12.1 Å². The van der Waals surface area contributed by atoms with Crippen LogP contribution in [0.3, 0.4) is 0 Å². The van der Waals surface area contributed by atoms with Crippen molar-refractivity contribution in [3.63, 3.8) is 0 Å². The number of aromatic nitrogens is 6. The predicted octanol–water partition coefficient (Wildman–Crippen LogP) is 4.51. The van der Waals surface area contributed by atoms with Crippen molar-refractivity contribution >= 4 is 17.7 Å². The van der Waals surface area contributed by atoms with E-state index in [1.54, 1.807) is 19.9 Å². The minimum Gasteiger partial charge on any atom is -0.462 e. The molecule has 0 saturated heterocycles.